The standard InChI is InChI=1S/C13H15N3S/c1-9-7-13(15-10(2)14-9)16-5-3-12-11(8-16)4-6-17-12/h4,6-7H,3,5,8H2,1-2H3. The van der Waals surface area contributed by atoms with E-state index in [1.165, 1.54) is 10.4 Å². The molecule has 3 heterocycles. The molecule has 0 fully saturated rings. The third-order valence-corrected chi connectivity index (χ3v) is 4.11. The van der Waals surface area contributed by atoms with Gasteiger partial charge >= 0.3 is 0 Å². The lowest BCUT2D eigenvalue weighted by molar-refractivity contribution is 0.726. The first kappa shape index (κ1) is 10.7. The maximum atomic E-state index is 4.53. The first-order valence-corrected chi connectivity index (χ1v) is 6.73. The molecule has 0 amide bonds. The van der Waals surface area contributed by atoms with E-state index < -0.39 is 0 Å². The van der Waals surface area contributed by atoms with Crippen LogP contribution < -0.4 is 4.90 Å². The average molecular weight is 245 g/mol. The summed E-state index contributed by atoms with van der Waals surface area (Å²) in [6, 6.07) is 4.30. The molecule has 88 valence electrons. The van der Waals surface area contributed by atoms with Crippen molar-refractivity contribution in [3.8, 4) is 0 Å². The lowest BCUT2D eigenvalue weighted by Crippen LogP contribution is -2.30. The molecule has 0 unspecified atom stereocenters. The van der Waals surface area contributed by atoms with Crippen molar-refractivity contribution in [1.82, 2.24) is 9.97 Å². The Hall–Kier alpha value is -1.42. The average Bonchev–Trinajstić information content (AvgIpc) is 2.74. The zero-order valence-corrected chi connectivity index (χ0v) is 10.9. The normalized spacial score (nSPS) is 14.8. The first-order valence-electron chi connectivity index (χ1n) is 5.85. The number of anilines is 1. The second kappa shape index (κ2) is 4.11. The fraction of sp³-hybridized carbons (Fsp3) is 0.385. The molecule has 3 nitrogen and oxygen atoms in total. The summed E-state index contributed by atoms with van der Waals surface area (Å²) in [5.74, 6) is 1.92. The van der Waals surface area contributed by atoms with Crippen LogP contribution in [0.25, 0.3) is 0 Å². The van der Waals surface area contributed by atoms with Crippen LogP contribution in [0.1, 0.15) is 22.0 Å². The summed E-state index contributed by atoms with van der Waals surface area (Å²) >= 11 is 1.87. The predicted octanol–water partition coefficient (Wildman–Crippen LogP) is 2.72. The van der Waals surface area contributed by atoms with Crippen molar-refractivity contribution in [2.75, 3.05) is 11.4 Å². The minimum absolute atomic E-state index is 0.858. The highest BCUT2D eigenvalue weighted by Gasteiger charge is 2.18. The monoisotopic (exact) mass is 245 g/mol. The van der Waals surface area contributed by atoms with Crippen molar-refractivity contribution in [2.24, 2.45) is 0 Å². The second-order valence-corrected chi connectivity index (χ2v) is 5.46. The largest absolute Gasteiger partial charge is 0.352 e. The van der Waals surface area contributed by atoms with Crippen LogP contribution in [0.3, 0.4) is 0 Å². The van der Waals surface area contributed by atoms with E-state index >= 15 is 0 Å². The molecule has 0 radical (unpaired) electrons. The van der Waals surface area contributed by atoms with Gasteiger partial charge in [0.05, 0.1) is 0 Å². The molecule has 4 heteroatoms. The molecule has 0 bridgehead atoms. The van der Waals surface area contributed by atoms with Gasteiger partial charge in [-0.1, -0.05) is 0 Å². The molecular formula is C13H15N3S. The van der Waals surface area contributed by atoms with Crippen LogP contribution in [0.4, 0.5) is 5.82 Å². The van der Waals surface area contributed by atoms with E-state index in [0.29, 0.717) is 0 Å². The predicted molar refractivity (Wildman–Crippen MR) is 70.6 cm³/mol. The van der Waals surface area contributed by atoms with E-state index in [9.17, 15) is 0 Å². The Kier molecular flexibility index (Phi) is 2.59. The summed E-state index contributed by atoms with van der Waals surface area (Å²) < 4.78 is 0. The molecule has 2 aromatic heterocycles. The summed E-state index contributed by atoms with van der Waals surface area (Å²) in [5, 5.41) is 2.19. The lowest BCUT2D eigenvalue weighted by Gasteiger charge is -2.28. The second-order valence-electron chi connectivity index (χ2n) is 4.46. The van der Waals surface area contributed by atoms with E-state index in [0.717, 1.165) is 36.8 Å². The Balaban J connectivity index is 1.91. The Labute approximate surface area is 105 Å². The number of hydrogen-bond donors (Lipinski definition) is 0. The van der Waals surface area contributed by atoms with E-state index in [1.807, 2.05) is 25.2 Å². The van der Waals surface area contributed by atoms with Gasteiger partial charge in [-0.25, -0.2) is 9.97 Å². The van der Waals surface area contributed by atoms with E-state index in [-0.39, 0.29) is 0 Å². The molecule has 17 heavy (non-hydrogen) atoms. The van der Waals surface area contributed by atoms with Gasteiger partial charge in [0.1, 0.15) is 11.6 Å². The summed E-state index contributed by atoms with van der Waals surface area (Å²) in [5.41, 5.74) is 2.50. The maximum absolute atomic E-state index is 4.53. The Bertz CT molecular complexity index is 527. The molecule has 0 aliphatic carbocycles. The number of thiophene rings is 1. The molecule has 0 N–H and O–H groups in total. The van der Waals surface area contributed by atoms with Crippen LogP contribution in [-0.4, -0.2) is 16.5 Å². The molecule has 1 aliphatic heterocycles. The summed E-state index contributed by atoms with van der Waals surface area (Å²) in [4.78, 5) is 12.7. The minimum atomic E-state index is 0.858. The van der Waals surface area contributed by atoms with Gasteiger partial charge in [-0.05, 0) is 37.3 Å². The van der Waals surface area contributed by atoms with Crippen molar-refractivity contribution in [3.63, 3.8) is 0 Å². The van der Waals surface area contributed by atoms with Crippen LogP contribution in [0, 0.1) is 13.8 Å². The van der Waals surface area contributed by atoms with Crippen LogP contribution in [-0.2, 0) is 13.0 Å². The minimum Gasteiger partial charge on any atom is -0.352 e. The molecule has 0 spiro atoms. The molecule has 1 aliphatic rings. The number of hydrogen-bond acceptors (Lipinski definition) is 4. The quantitative estimate of drug-likeness (QED) is 0.773. The topological polar surface area (TPSA) is 29.0 Å². The first-order chi connectivity index (χ1) is 8.22. The fourth-order valence-electron chi connectivity index (χ4n) is 2.30. The van der Waals surface area contributed by atoms with E-state index in [4.69, 9.17) is 0 Å². The molecule has 0 atom stereocenters. The number of fused-ring (bicyclic) bond motifs is 1. The van der Waals surface area contributed by atoms with Crippen molar-refractivity contribution in [2.45, 2.75) is 26.8 Å². The molecule has 3 rings (SSSR count). The van der Waals surface area contributed by atoms with Gasteiger partial charge in [0.2, 0.25) is 0 Å². The van der Waals surface area contributed by atoms with Crippen molar-refractivity contribution >= 4 is 17.2 Å². The molecule has 0 saturated heterocycles. The summed E-state index contributed by atoms with van der Waals surface area (Å²) in [6.45, 7) is 6.02. The van der Waals surface area contributed by atoms with E-state index in [1.54, 1.807) is 0 Å². The third-order valence-electron chi connectivity index (χ3n) is 3.08. The zero-order valence-electron chi connectivity index (χ0n) is 10.1. The summed E-state index contributed by atoms with van der Waals surface area (Å²) in [6.07, 6.45) is 1.13. The maximum Gasteiger partial charge on any atom is 0.132 e. The zero-order chi connectivity index (χ0) is 11.8. The van der Waals surface area contributed by atoms with Gasteiger partial charge in [-0.15, -0.1) is 11.3 Å². The van der Waals surface area contributed by atoms with Crippen LogP contribution in [0.2, 0.25) is 0 Å². The highest BCUT2D eigenvalue weighted by molar-refractivity contribution is 7.10. The molecule has 0 aromatic carbocycles. The Morgan fingerprint density at radius 3 is 3.00 bits per heavy atom. The fourth-order valence-corrected chi connectivity index (χ4v) is 3.19. The van der Waals surface area contributed by atoms with Gasteiger partial charge < -0.3 is 4.90 Å². The third kappa shape index (κ3) is 2.05. The lowest BCUT2D eigenvalue weighted by atomic mass is 10.1. The van der Waals surface area contributed by atoms with Crippen LogP contribution in [0.15, 0.2) is 17.5 Å². The van der Waals surface area contributed by atoms with Crippen LogP contribution in [0.5, 0.6) is 0 Å². The molecule has 0 saturated carbocycles. The van der Waals surface area contributed by atoms with Gasteiger partial charge in [-0.2, -0.15) is 0 Å². The van der Waals surface area contributed by atoms with Crippen molar-refractivity contribution < 1.29 is 0 Å². The van der Waals surface area contributed by atoms with Crippen molar-refractivity contribution in [1.29, 1.82) is 0 Å². The molecular weight excluding hydrogens is 230 g/mol. The van der Waals surface area contributed by atoms with Gasteiger partial charge in [-0.3, -0.25) is 0 Å². The van der Waals surface area contributed by atoms with Gasteiger partial charge in [0.25, 0.3) is 0 Å². The highest BCUT2D eigenvalue weighted by atomic mass is 32.1. The van der Waals surface area contributed by atoms with E-state index in [2.05, 4.69) is 32.4 Å². The van der Waals surface area contributed by atoms with Gasteiger partial charge in [0, 0.05) is 29.7 Å². The Morgan fingerprint density at radius 2 is 2.18 bits per heavy atom. The highest BCUT2D eigenvalue weighted by Crippen LogP contribution is 2.26. The summed E-state index contributed by atoms with van der Waals surface area (Å²) in [7, 11) is 0. The molecule has 2 aromatic rings. The van der Waals surface area contributed by atoms with Crippen LogP contribution >= 0.6 is 11.3 Å². The number of rotatable bonds is 1. The number of nitrogens with zero attached hydrogens (tertiary/aromatic N) is 3. The SMILES string of the molecule is Cc1cc(N2CCc3sccc3C2)nc(C)n1. The number of aryl methyl sites for hydroxylation is 2. The number of aromatic nitrogens is 2. The smallest absolute Gasteiger partial charge is 0.132 e. The van der Waals surface area contributed by atoms with Gasteiger partial charge in [0.15, 0.2) is 0 Å². The Morgan fingerprint density at radius 1 is 1.29 bits per heavy atom. The van der Waals surface area contributed by atoms with Crippen molar-refractivity contribution in [3.05, 3.63) is 39.5 Å².